The summed E-state index contributed by atoms with van der Waals surface area (Å²) in [5.41, 5.74) is 10.6. The molecule has 0 fully saturated rings. The van der Waals surface area contributed by atoms with Gasteiger partial charge in [0.2, 0.25) is 5.95 Å². The molecular weight excluding hydrogens is 355 g/mol. The highest BCUT2D eigenvalue weighted by atomic mass is 35.5. The first kappa shape index (κ1) is 16.4. The summed E-state index contributed by atoms with van der Waals surface area (Å²) in [4.78, 5) is 8.74. The third-order valence-electron chi connectivity index (χ3n) is 4.03. The Bertz CT molecular complexity index is 1110. The molecule has 130 valence electrons. The summed E-state index contributed by atoms with van der Waals surface area (Å²) < 4.78 is 14.8. The van der Waals surface area contributed by atoms with Crippen LogP contribution < -0.4 is 5.73 Å². The summed E-state index contributed by atoms with van der Waals surface area (Å²) in [6.07, 6.45) is 1.50. The number of rotatable bonds is 3. The van der Waals surface area contributed by atoms with Gasteiger partial charge in [-0.15, -0.1) is 10.2 Å². The molecule has 8 heteroatoms. The number of nitrogen functional groups attached to an aromatic ring is 1. The standard InChI is InChI=1S/C18H14ClFN6/c1-10-6-12(7-14(8-20)23-10)15-16(11-2-4-13(19)5-3-11)24-18(21)26-9-22-25-17(15)26/h2-7,9H,8H2,1H3,(H2,21,24). The summed E-state index contributed by atoms with van der Waals surface area (Å²) in [7, 11) is 0. The fourth-order valence-electron chi connectivity index (χ4n) is 2.94. The van der Waals surface area contributed by atoms with Gasteiger partial charge in [0.25, 0.3) is 0 Å². The van der Waals surface area contributed by atoms with Crippen molar-refractivity contribution in [3.63, 3.8) is 0 Å². The van der Waals surface area contributed by atoms with E-state index in [0.717, 1.165) is 11.1 Å². The molecule has 0 radical (unpaired) electrons. The van der Waals surface area contributed by atoms with Gasteiger partial charge in [-0.2, -0.15) is 0 Å². The molecule has 0 saturated heterocycles. The molecule has 2 N–H and O–H groups in total. The lowest BCUT2D eigenvalue weighted by Crippen LogP contribution is -2.04. The molecule has 0 aliphatic rings. The summed E-state index contributed by atoms with van der Waals surface area (Å²) in [6.45, 7) is 1.16. The molecule has 0 saturated carbocycles. The van der Waals surface area contributed by atoms with E-state index in [9.17, 15) is 4.39 Å². The third kappa shape index (κ3) is 2.76. The highest BCUT2D eigenvalue weighted by molar-refractivity contribution is 6.30. The minimum atomic E-state index is -0.656. The van der Waals surface area contributed by atoms with Crippen LogP contribution in [0.2, 0.25) is 5.02 Å². The monoisotopic (exact) mass is 368 g/mol. The van der Waals surface area contributed by atoms with E-state index in [1.807, 2.05) is 25.1 Å². The van der Waals surface area contributed by atoms with Gasteiger partial charge < -0.3 is 5.73 Å². The van der Waals surface area contributed by atoms with Gasteiger partial charge in [0.05, 0.1) is 17.0 Å². The van der Waals surface area contributed by atoms with Gasteiger partial charge in [0, 0.05) is 16.3 Å². The van der Waals surface area contributed by atoms with Crippen LogP contribution in [0.1, 0.15) is 11.4 Å². The van der Waals surface area contributed by atoms with Gasteiger partial charge in [0.1, 0.15) is 13.0 Å². The molecule has 4 aromatic rings. The molecule has 0 amide bonds. The van der Waals surface area contributed by atoms with Crippen LogP contribution in [-0.4, -0.2) is 24.6 Å². The highest BCUT2D eigenvalue weighted by Gasteiger charge is 2.19. The Morgan fingerprint density at radius 3 is 2.62 bits per heavy atom. The molecule has 6 nitrogen and oxygen atoms in total. The van der Waals surface area contributed by atoms with E-state index in [1.165, 1.54) is 6.33 Å². The minimum absolute atomic E-state index is 0.259. The SMILES string of the molecule is Cc1cc(-c2c(-c3ccc(Cl)cc3)nc(N)n3cnnc23)cc(CF)n1. The van der Waals surface area contributed by atoms with E-state index >= 15 is 0 Å². The molecule has 0 spiro atoms. The molecule has 3 heterocycles. The molecule has 0 bridgehead atoms. The molecular formula is C18H14ClFN6. The number of anilines is 1. The molecule has 0 aliphatic heterocycles. The minimum Gasteiger partial charge on any atom is -0.369 e. The lowest BCUT2D eigenvalue weighted by Gasteiger charge is -2.13. The molecule has 0 atom stereocenters. The Hall–Kier alpha value is -3.06. The van der Waals surface area contributed by atoms with Gasteiger partial charge in [-0.25, -0.2) is 9.37 Å². The Balaban J connectivity index is 2.08. The predicted molar refractivity (Wildman–Crippen MR) is 98.4 cm³/mol. The fraction of sp³-hybridized carbons (Fsp3) is 0.111. The second-order valence-corrected chi connectivity index (χ2v) is 6.28. The first-order valence-corrected chi connectivity index (χ1v) is 8.23. The third-order valence-corrected chi connectivity index (χ3v) is 4.28. The Kier molecular flexibility index (Phi) is 4.00. The van der Waals surface area contributed by atoms with E-state index < -0.39 is 6.67 Å². The number of nitrogens with two attached hydrogens (primary N) is 1. The van der Waals surface area contributed by atoms with E-state index in [-0.39, 0.29) is 5.95 Å². The number of hydrogen-bond acceptors (Lipinski definition) is 5. The number of alkyl halides is 1. The van der Waals surface area contributed by atoms with Crippen LogP contribution in [0.25, 0.3) is 28.0 Å². The van der Waals surface area contributed by atoms with Crippen molar-refractivity contribution in [1.29, 1.82) is 0 Å². The summed E-state index contributed by atoms with van der Waals surface area (Å²) in [5, 5.41) is 8.76. The number of nitrogens with zero attached hydrogens (tertiary/aromatic N) is 5. The predicted octanol–water partition coefficient (Wildman–Crippen LogP) is 3.87. The average Bonchev–Trinajstić information content (AvgIpc) is 3.12. The number of hydrogen-bond donors (Lipinski definition) is 1. The maximum Gasteiger partial charge on any atom is 0.207 e. The number of fused-ring (bicyclic) bond motifs is 1. The lowest BCUT2D eigenvalue weighted by molar-refractivity contribution is 0.475. The van der Waals surface area contributed by atoms with E-state index in [0.29, 0.717) is 33.3 Å². The Morgan fingerprint density at radius 1 is 1.12 bits per heavy atom. The van der Waals surface area contributed by atoms with Crippen LogP contribution in [0.3, 0.4) is 0 Å². The number of pyridine rings is 1. The van der Waals surface area contributed by atoms with Crippen molar-refractivity contribution in [2.45, 2.75) is 13.6 Å². The quantitative estimate of drug-likeness (QED) is 0.593. The number of benzene rings is 1. The highest BCUT2D eigenvalue weighted by Crippen LogP contribution is 2.35. The number of aryl methyl sites for hydroxylation is 1. The van der Waals surface area contributed by atoms with Crippen molar-refractivity contribution in [3.8, 4) is 22.4 Å². The number of halogens is 2. The molecule has 0 unspecified atom stereocenters. The zero-order valence-electron chi connectivity index (χ0n) is 13.8. The van der Waals surface area contributed by atoms with Gasteiger partial charge in [-0.05, 0) is 36.8 Å². The van der Waals surface area contributed by atoms with Crippen molar-refractivity contribution < 1.29 is 4.39 Å². The summed E-state index contributed by atoms with van der Waals surface area (Å²) in [6, 6.07) is 10.8. The molecule has 26 heavy (non-hydrogen) atoms. The Labute approximate surface area is 153 Å². The van der Waals surface area contributed by atoms with Gasteiger partial charge >= 0.3 is 0 Å². The second-order valence-electron chi connectivity index (χ2n) is 5.85. The largest absolute Gasteiger partial charge is 0.369 e. The Morgan fingerprint density at radius 2 is 1.88 bits per heavy atom. The van der Waals surface area contributed by atoms with Gasteiger partial charge in [0.15, 0.2) is 5.65 Å². The van der Waals surface area contributed by atoms with Crippen molar-refractivity contribution in [3.05, 3.63) is 59.1 Å². The van der Waals surface area contributed by atoms with Crippen LogP contribution in [0.4, 0.5) is 10.3 Å². The summed E-state index contributed by atoms with van der Waals surface area (Å²) >= 11 is 6.00. The van der Waals surface area contributed by atoms with Crippen LogP contribution in [0.15, 0.2) is 42.7 Å². The first-order valence-electron chi connectivity index (χ1n) is 7.86. The normalized spacial score (nSPS) is 11.2. The smallest absolute Gasteiger partial charge is 0.207 e. The molecule has 3 aromatic heterocycles. The fourth-order valence-corrected chi connectivity index (χ4v) is 3.06. The van der Waals surface area contributed by atoms with Crippen LogP contribution in [0.5, 0.6) is 0 Å². The second kappa shape index (κ2) is 6.34. The maximum absolute atomic E-state index is 13.2. The first-order chi connectivity index (χ1) is 12.6. The number of aromatic nitrogens is 5. The molecule has 0 aliphatic carbocycles. The molecule has 1 aromatic carbocycles. The maximum atomic E-state index is 13.2. The zero-order chi connectivity index (χ0) is 18.3. The van der Waals surface area contributed by atoms with Crippen molar-refractivity contribution >= 4 is 23.2 Å². The van der Waals surface area contributed by atoms with Gasteiger partial charge in [-0.3, -0.25) is 9.38 Å². The average molecular weight is 369 g/mol. The molecule has 4 rings (SSSR count). The van der Waals surface area contributed by atoms with Crippen LogP contribution in [0, 0.1) is 6.92 Å². The van der Waals surface area contributed by atoms with E-state index in [1.54, 1.807) is 22.6 Å². The van der Waals surface area contributed by atoms with Crippen LogP contribution >= 0.6 is 11.6 Å². The van der Waals surface area contributed by atoms with Gasteiger partial charge in [-0.1, -0.05) is 23.7 Å². The van der Waals surface area contributed by atoms with Crippen molar-refractivity contribution in [1.82, 2.24) is 24.6 Å². The zero-order valence-corrected chi connectivity index (χ0v) is 14.6. The van der Waals surface area contributed by atoms with E-state index in [4.69, 9.17) is 17.3 Å². The van der Waals surface area contributed by atoms with Crippen molar-refractivity contribution in [2.24, 2.45) is 0 Å². The summed E-state index contributed by atoms with van der Waals surface area (Å²) in [5.74, 6) is 0.259. The van der Waals surface area contributed by atoms with Crippen molar-refractivity contribution in [2.75, 3.05) is 5.73 Å². The lowest BCUT2D eigenvalue weighted by atomic mass is 9.99. The van der Waals surface area contributed by atoms with E-state index in [2.05, 4.69) is 20.2 Å². The van der Waals surface area contributed by atoms with Crippen LogP contribution in [-0.2, 0) is 6.67 Å². The topological polar surface area (TPSA) is 82.0 Å².